The van der Waals surface area contributed by atoms with Crippen LogP contribution in [0.2, 0.25) is 0 Å². The summed E-state index contributed by atoms with van der Waals surface area (Å²) in [7, 11) is 0. The third-order valence-corrected chi connectivity index (χ3v) is 2.56. The third-order valence-electron chi connectivity index (χ3n) is 2.56. The molecule has 0 aromatic heterocycles. The third kappa shape index (κ3) is 2.18. The number of allylic oxidation sites excluding steroid dienone is 2. The average Bonchev–Trinajstić information content (AvgIpc) is 2.33. The van der Waals surface area contributed by atoms with Gasteiger partial charge in [-0.15, -0.1) is 6.58 Å². The van der Waals surface area contributed by atoms with Crippen LogP contribution in [0.1, 0.15) is 11.6 Å². The standard InChI is InChI=1S/C14H15N/c1-2-14(13-9-5-3-6-10-13)15-11-7-4-8-12-15/h2-11,14H,1,12H2/t14-/m1/s1. The molecule has 0 radical (unpaired) electrons. The fourth-order valence-electron chi connectivity index (χ4n) is 1.80. The van der Waals surface area contributed by atoms with E-state index in [0.29, 0.717) is 0 Å². The van der Waals surface area contributed by atoms with Crippen LogP contribution in [0.4, 0.5) is 0 Å². The molecule has 2 rings (SSSR count). The summed E-state index contributed by atoms with van der Waals surface area (Å²) < 4.78 is 0. The largest absolute Gasteiger partial charge is 0.363 e. The Morgan fingerprint density at radius 1 is 1.20 bits per heavy atom. The number of nitrogens with zero attached hydrogens (tertiary/aromatic N) is 1. The smallest absolute Gasteiger partial charge is 0.0721 e. The van der Waals surface area contributed by atoms with Crippen molar-refractivity contribution in [2.75, 3.05) is 6.54 Å². The molecule has 1 aliphatic heterocycles. The van der Waals surface area contributed by atoms with Gasteiger partial charge in [-0.05, 0) is 11.6 Å². The molecule has 15 heavy (non-hydrogen) atoms. The summed E-state index contributed by atoms with van der Waals surface area (Å²) in [4.78, 5) is 2.27. The highest BCUT2D eigenvalue weighted by Crippen LogP contribution is 2.22. The van der Waals surface area contributed by atoms with Gasteiger partial charge in [-0.25, -0.2) is 0 Å². The number of benzene rings is 1. The van der Waals surface area contributed by atoms with Gasteiger partial charge in [0.05, 0.1) is 6.04 Å². The molecule has 0 unspecified atom stereocenters. The molecule has 0 amide bonds. The summed E-state index contributed by atoms with van der Waals surface area (Å²) in [6.07, 6.45) is 10.4. The molecule has 1 aliphatic rings. The molecular formula is C14H15N. The van der Waals surface area contributed by atoms with Crippen LogP contribution in [0.15, 0.2) is 67.4 Å². The Kier molecular flexibility index (Phi) is 3.03. The number of rotatable bonds is 3. The lowest BCUT2D eigenvalue weighted by atomic mass is 10.1. The Morgan fingerprint density at radius 3 is 2.60 bits per heavy atom. The molecule has 1 heteroatoms. The molecular weight excluding hydrogens is 182 g/mol. The molecule has 0 aliphatic carbocycles. The highest BCUT2D eigenvalue weighted by molar-refractivity contribution is 5.25. The summed E-state index contributed by atoms with van der Waals surface area (Å²) in [5.74, 6) is 0. The van der Waals surface area contributed by atoms with E-state index in [1.807, 2.05) is 12.1 Å². The van der Waals surface area contributed by atoms with Gasteiger partial charge in [0.15, 0.2) is 0 Å². The summed E-state index contributed by atoms with van der Waals surface area (Å²) >= 11 is 0. The van der Waals surface area contributed by atoms with Crippen molar-refractivity contribution < 1.29 is 0 Å². The monoisotopic (exact) mass is 197 g/mol. The van der Waals surface area contributed by atoms with Crippen LogP contribution >= 0.6 is 0 Å². The first-order valence-corrected chi connectivity index (χ1v) is 5.18. The maximum atomic E-state index is 3.91. The summed E-state index contributed by atoms with van der Waals surface area (Å²) in [6.45, 7) is 4.86. The van der Waals surface area contributed by atoms with Gasteiger partial charge in [0.2, 0.25) is 0 Å². The lowest BCUT2D eigenvalue weighted by molar-refractivity contribution is 0.356. The maximum Gasteiger partial charge on any atom is 0.0721 e. The second-order valence-corrected chi connectivity index (χ2v) is 3.56. The van der Waals surface area contributed by atoms with Crippen molar-refractivity contribution in [2.24, 2.45) is 0 Å². The molecule has 76 valence electrons. The molecule has 1 aromatic rings. The van der Waals surface area contributed by atoms with E-state index < -0.39 is 0 Å². The van der Waals surface area contributed by atoms with Crippen LogP contribution in [0.5, 0.6) is 0 Å². The van der Waals surface area contributed by atoms with Crippen molar-refractivity contribution in [2.45, 2.75) is 6.04 Å². The molecule has 1 aromatic carbocycles. The highest BCUT2D eigenvalue weighted by Gasteiger charge is 2.13. The fourth-order valence-corrected chi connectivity index (χ4v) is 1.80. The van der Waals surface area contributed by atoms with Gasteiger partial charge in [0.1, 0.15) is 0 Å². The Labute approximate surface area is 91.0 Å². The quantitative estimate of drug-likeness (QED) is 0.672. The van der Waals surface area contributed by atoms with Crippen molar-refractivity contribution in [1.29, 1.82) is 0 Å². The normalized spacial score (nSPS) is 16.4. The van der Waals surface area contributed by atoms with Crippen LogP contribution in [0.3, 0.4) is 0 Å². The number of hydrogen-bond acceptors (Lipinski definition) is 1. The second-order valence-electron chi connectivity index (χ2n) is 3.56. The van der Waals surface area contributed by atoms with E-state index in [0.717, 1.165) is 6.54 Å². The lowest BCUT2D eigenvalue weighted by Gasteiger charge is -2.28. The van der Waals surface area contributed by atoms with E-state index in [2.05, 4.69) is 60.2 Å². The molecule has 1 nitrogen and oxygen atoms in total. The zero-order valence-corrected chi connectivity index (χ0v) is 8.71. The lowest BCUT2D eigenvalue weighted by Crippen LogP contribution is -2.23. The van der Waals surface area contributed by atoms with Crippen molar-refractivity contribution in [3.05, 3.63) is 73.0 Å². The van der Waals surface area contributed by atoms with Crippen LogP contribution in [-0.4, -0.2) is 11.4 Å². The minimum atomic E-state index is 0.271. The average molecular weight is 197 g/mol. The topological polar surface area (TPSA) is 3.24 Å². The zero-order chi connectivity index (χ0) is 10.5. The van der Waals surface area contributed by atoms with Crippen LogP contribution in [-0.2, 0) is 0 Å². The summed E-state index contributed by atoms with van der Waals surface area (Å²) in [5.41, 5.74) is 1.28. The predicted octanol–water partition coefficient (Wildman–Crippen LogP) is 3.30. The second kappa shape index (κ2) is 4.65. The van der Waals surface area contributed by atoms with Crippen molar-refractivity contribution in [3.63, 3.8) is 0 Å². The predicted molar refractivity (Wildman–Crippen MR) is 64.4 cm³/mol. The first-order valence-electron chi connectivity index (χ1n) is 5.18. The highest BCUT2D eigenvalue weighted by atomic mass is 15.1. The van der Waals surface area contributed by atoms with Gasteiger partial charge in [-0.1, -0.05) is 48.6 Å². The van der Waals surface area contributed by atoms with E-state index in [1.165, 1.54) is 5.56 Å². The van der Waals surface area contributed by atoms with E-state index in [4.69, 9.17) is 0 Å². The zero-order valence-electron chi connectivity index (χ0n) is 8.71. The molecule has 0 saturated carbocycles. The van der Waals surface area contributed by atoms with E-state index >= 15 is 0 Å². The van der Waals surface area contributed by atoms with Gasteiger partial charge in [-0.3, -0.25) is 0 Å². The van der Waals surface area contributed by atoms with Crippen molar-refractivity contribution in [1.82, 2.24) is 4.90 Å². The van der Waals surface area contributed by atoms with Gasteiger partial charge in [-0.2, -0.15) is 0 Å². The summed E-state index contributed by atoms with van der Waals surface area (Å²) in [5, 5.41) is 0. The maximum absolute atomic E-state index is 3.91. The Balaban J connectivity index is 2.21. The minimum absolute atomic E-state index is 0.271. The van der Waals surface area contributed by atoms with Crippen LogP contribution < -0.4 is 0 Å². The molecule has 0 saturated heterocycles. The molecule has 0 spiro atoms. The Hall–Kier alpha value is -1.76. The van der Waals surface area contributed by atoms with Crippen LogP contribution in [0, 0.1) is 0 Å². The Morgan fingerprint density at radius 2 is 2.00 bits per heavy atom. The molecule has 0 bridgehead atoms. The van der Waals surface area contributed by atoms with Gasteiger partial charge >= 0.3 is 0 Å². The molecule has 0 N–H and O–H groups in total. The van der Waals surface area contributed by atoms with Crippen molar-refractivity contribution >= 4 is 0 Å². The van der Waals surface area contributed by atoms with E-state index in [9.17, 15) is 0 Å². The Bertz CT molecular complexity index is 376. The van der Waals surface area contributed by atoms with E-state index in [1.54, 1.807) is 0 Å². The van der Waals surface area contributed by atoms with Gasteiger partial charge < -0.3 is 4.90 Å². The van der Waals surface area contributed by atoms with Crippen molar-refractivity contribution in [3.8, 4) is 0 Å². The van der Waals surface area contributed by atoms with Crippen LogP contribution in [0.25, 0.3) is 0 Å². The van der Waals surface area contributed by atoms with E-state index in [-0.39, 0.29) is 6.04 Å². The fraction of sp³-hybridized carbons (Fsp3) is 0.143. The van der Waals surface area contributed by atoms with Gasteiger partial charge in [0, 0.05) is 12.7 Å². The van der Waals surface area contributed by atoms with Gasteiger partial charge in [0.25, 0.3) is 0 Å². The summed E-state index contributed by atoms with van der Waals surface area (Å²) in [6, 6.07) is 10.7. The molecule has 0 fully saturated rings. The molecule has 1 atom stereocenters. The first-order chi connectivity index (χ1) is 7.42. The molecule has 1 heterocycles. The number of hydrogen-bond donors (Lipinski definition) is 0. The first kappa shape index (κ1) is 9.78. The minimum Gasteiger partial charge on any atom is -0.363 e. The SMILES string of the molecule is C=C[C@H](c1ccccc1)N1C=CC=CC1.